The van der Waals surface area contributed by atoms with Gasteiger partial charge in [0, 0.05) is 6.92 Å². The first-order valence-corrected chi connectivity index (χ1v) is 6.25. The molecule has 0 saturated carbocycles. The summed E-state index contributed by atoms with van der Waals surface area (Å²) >= 11 is 2.86. The average molecular weight is 233 g/mol. The van der Waals surface area contributed by atoms with Crippen molar-refractivity contribution >= 4 is 29.3 Å². The lowest BCUT2D eigenvalue weighted by Crippen LogP contribution is -2.09. The van der Waals surface area contributed by atoms with E-state index in [-0.39, 0.29) is 5.70 Å². The number of thioether (sulfide) groups is 2. The number of hydrogen-bond donors (Lipinski definition) is 0. The summed E-state index contributed by atoms with van der Waals surface area (Å²) in [4.78, 5) is 21.2. The zero-order valence-electron chi connectivity index (χ0n) is 7.82. The molecule has 0 N–H and O–H groups in total. The van der Waals surface area contributed by atoms with Crippen LogP contribution < -0.4 is 0 Å². The maximum atomic E-state index is 11.1. The van der Waals surface area contributed by atoms with E-state index in [1.807, 2.05) is 0 Å². The number of carbonyl (C=O) groups is 1. The maximum Gasteiger partial charge on any atom is 0.331 e. The van der Waals surface area contributed by atoms with Crippen LogP contribution in [0.2, 0.25) is 0 Å². The van der Waals surface area contributed by atoms with Gasteiger partial charge in [0.2, 0.25) is 5.78 Å². The first-order chi connectivity index (χ1) is 6.63. The molecule has 0 aliphatic carbocycles. The molecule has 1 aliphatic heterocycles. The molecular weight excluding hydrogens is 222 g/mol. The summed E-state index contributed by atoms with van der Waals surface area (Å²) in [6.07, 6.45) is 2.12. The van der Waals surface area contributed by atoms with Crippen molar-refractivity contribution in [2.75, 3.05) is 11.5 Å². The fourth-order valence-corrected chi connectivity index (χ4v) is 3.67. The third-order valence-corrected chi connectivity index (χ3v) is 4.32. The fraction of sp³-hybridized carbons (Fsp3) is 0.625. The zero-order valence-corrected chi connectivity index (χ0v) is 9.45. The molecule has 4 nitrogen and oxygen atoms in total. The standard InChI is InChI=1S/C8H11NO3S2/c1-6(10)7(9(11)12)8-13-4-2-3-5-14-8/h2-5H2,1H3. The van der Waals surface area contributed by atoms with Gasteiger partial charge in [-0.3, -0.25) is 14.9 Å². The number of nitrogens with zero attached hydrogens (tertiary/aromatic N) is 1. The van der Waals surface area contributed by atoms with Gasteiger partial charge in [-0.25, -0.2) is 0 Å². The van der Waals surface area contributed by atoms with E-state index in [4.69, 9.17) is 0 Å². The minimum Gasteiger partial charge on any atom is -0.287 e. The monoisotopic (exact) mass is 233 g/mol. The molecule has 1 aliphatic rings. The highest BCUT2D eigenvalue weighted by Crippen LogP contribution is 2.36. The largest absolute Gasteiger partial charge is 0.331 e. The molecular formula is C8H11NO3S2. The predicted octanol–water partition coefficient (Wildman–Crippen LogP) is 2.28. The molecule has 0 atom stereocenters. The van der Waals surface area contributed by atoms with Gasteiger partial charge in [0.05, 0.1) is 4.92 Å². The van der Waals surface area contributed by atoms with Crippen molar-refractivity contribution in [2.24, 2.45) is 0 Å². The second-order valence-corrected chi connectivity index (χ2v) is 5.32. The van der Waals surface area contributed by atoms with Crippen LogP contribution in [0.25, 0.3) is 0 Å². The molecule has 0 aromatic rings. The van der Waals surface area contributed by atoms with E-state index in [9.17, 15) is 14.9 Å². The van der Waals surface area contributed by atoms with Crippen molar-refractivity contribution in [2.45, 2.75) is 19.8 Å². The Morgan fingerprint density at radius 3 is 2.21 bits per heavy atom. The molecule has 0 bridgehead atoms. The first-order valence-electron chi connectivity index (χ1n) is 4.28. The summed E-state index contributed by atoms with van der Waals surface area (Å²) in [5, 5.41) is 10.7. The van der Waals surface area contributed by atoms with Gasteiger partial charge in [0.15, 0.2) is 0 Å². The number of hydrogen-bond acceptors (Lipinski definition) is 5. The summed E-state index contributed by atoms with van der Waals surface area (Å²) in [6.45, 7) is 1.25. The van der Waals surface area contributed by atoms with Crippen LogP contribution in [0.1, 0.15) is 19.8 Å². The molecule has 78 valence electrons. The Bertz CT molecular complexity index is 262. The minimum absolute atomic E-state index is 0.234. The lowest BCUT2D eigenvalue weighted by Gasteiger charge is -2.01. The number of rotatable bonds is 2. The van der Waals surface area contributed by atoms with E-state index in [0.717, 1.165) is 24.3 Å². The van der Waals surface area contributed by atoms with E-state index in [1.54, 1.807) is 0 Å². The van der Waals surface area contributed by atoms with Gasteiger partial charge in [0.25, 0.3) is 0 Å². The summed E-state index contributed by atoms with van der Waals surface area (Å²) in [7, 11) is 0. The van der Waals surface area contributed by atoms with Crippen LogP contribution in [0.4, 0.5) is 0 Å². The normalized spacial score (nSPS) is 17.4. The third kappa shape index (κ3) is 3.02. The molecule has 1 fully saturated rings. The first kappa shape index (κ1) is 11.6. The van der Waals surface area contributed by atoms with Crippen LogP contribution in [0.15, 0.2) is 9.93 Å². The molecule has 0 aromatic heterocycles. The molecule has 6 heteroatoms. The molecule has 0 amide bonds. The van der Waals surface area contributed by atoms with Crippen LogP contribution in [0.3, 0.4) is 0 Å². The van der Waals surface area contributed by atoms with Gasteiger partial charge >= 0.3 is 5.70 Å². The molecule has 14 heavy (non-hydrogen) atoms. The fourth-order valence-electron chi connectivity index (χ4n) is 1.06. The third-order valence-electron chi connectivity index (χ3n) is 1.71. The van der Waals surface area contributed by atoms with Crippen molar-refractivity contribution < 1.29 is 9.72 Å². The Balaban J connectivity index is 2.94. The number of nitro groups is 1. The molecule has 1 rings (SSSR count). The number of carbonyl (C=O) groups excluding carboxylic acids is 1. The summed E-state index contributed by atoms with van der Waals surface area (Å²) in [5.74, 6) is 1.28. The lowest BCUT2D eigenvalue weighted by atomic mass is 10.4. The number of Topliss-reactive ketones (excluding diaryl/α,β-unsaturated/α-hetero) is 1. The maximum absolute atomic E-state index is 11.1. The van der Waals surface area contributed by atoms with Crippen molar-refractivity contribution in [1.29, 1.82) is 0 Å². The van der Waals surface area contributed by atoms with Crippen LogP contribution in [-0.4, -0.2) is 22.2 Å². The predicted molar refractivity (Wildman–Crippen MR) is 58.9 cm³/mol. The Hall–Kier alpha value is -0.490. The second-order valence-electron chi connectivity index (χ2n) is 2.85. The molecule has 0 spiro atoms. The Kier molecular flexibility index (Phi) is 4.47. The second kappa shape index (κ2) is 5.41. The van der Waals surface area contributed by atoms with Crippen LogP contribution in [0.5, 0.6) is 0 Å². The van der Waals surface area contributed by atoms with Crippen LogP contribution in [0, 0.1) is 10.1 Å². The van der Waals surface area contributed by atoms with E-state index >= 15 is 0 Å². The topological polar surface area (TPSA) is 60.2 Å². The molecule has 1 saturated heterocycles. The van der Waals surface area contributed by atoms with Gasteiger partial charge < -0.3 is 0 Å². The molecule has 0 unspecified atom stereocenters. The van der Waals surface area contributed by atoms with E-state index in [2.05, 4.69) is 0 Å². The van der Waals surface area contributed by atoms with E-state index < -0.39 is 10.7 Å². The summed E-state index contributed by atoms with van der Waals surface area (Å²) in [6, 6.07) is 0. The SMILES string of the molecule is CC(=O)C(=C1SCCCCS1)[N+](=O)[O-]. The minimum atomic E-state index is -0.566. The number of ketones is 1. The molecule has 0 aromatic carbocycles. The van der Waals surface area contributed by atoms with Gasteiger partial charge in [-0.05, 0) is 24.3 Å². The Labute approximate surface area is 90.7 Å². The highest BCUT2D eigenvalue weighted by Gasteiger charge is 2.25. The van der Waals surface area contributed by atoms with Crippen molar-refractivity contribution in [1.82, 2.24) is 0 Å². The number of allylic oxidation sites excluding steroid dienone is 1. The van der Waals surface area contributed by atoms with Crippen LogP contribution >= 0.6 is 23.5 Å². The van der Waals surface area contributed by atoms with E-state index in [1.165, 1.54) is 30.4 Å². The highest BCUT2D eigenvalue weighted by atomic mass is 32.2. The van der Waals surface area contributed by atoms with Gasteiger partial charge in [-0.15, -0.1) is 23.5 Å². The Morgan fingerprint density at radius 2 is 1.86 bits per heavy atom. The highest BCUT2D eigenvalue weighted by molar-refractivity contribution is 8.22. The van der Waals surface area contributed by atoms with Gasteiger partial charge in [0.1, 0.15) is 4.24 Å². The lowest BCUT2D eigenvalue weighted by molar-refractivity contribution is -0.418. The molecule has 0 radical (unpaired) electrons. The molecule has 1 heterocycles. The summed E-state index contributed by atoms with van der Waals surface area (Å²) < 4.78 is 0.583. The van der Waals surface area contributed by atoms with Gasteiger partial charge in [-0.1, -0.05) is 0 Å². The Morgan fingerprint density at radius 1 is 1.36 bits per heavy atom. The average Bonchev–Trinajstić information content (AvgIpc) is 2.31. The van der Waals surface area contributed by atoms with Crippen LogP contribution in [-0.2, 0) is 4.79 Å². The quantitative estimate of drug-likeness (QED) is 0.416. The van der Waals surface area contributed by atoms with Crippen molar-refractivity contribution in [3.05, 3.63) is 20.0 Å². The van der Waals surface area contributed by atoms with Crippen molar-refractivity contribution in [3.63, 3.8) is 0 Å². The van der Waals surface area contributed by atoms with Crippen molar-refractivity contribution in [3.8, 4) is 0 Å². The summed E-state index contributed by atoms with van der Waals surface area (Å²) in [5.41, 5.74) is -0.234. The smallest absolute Gasteiger partial charge is 0.287 e. The van der Waals surface area contributed by atoms with Gasteiger partial charge in [-0.2, -0.15) is 0 Å². The zero-order chi connectivity index (χ0) is 10.6. The van der Waals surface area contributed by atoms with E-state index in [0.29, 0.717) is 4.24 Å².